The maximum atomic E-state index is 11.5. The van der Waals surface area contributed by atoms with E-state index in [0.29, 0.717) is 18.9 Å². The number of rotatable bonds is 6. The molecule has 1 amide bonds. The van der Waals surface area contributed by atoms with Gasteiger partial charge in [-0.2, -0.15) is 0 Å². The first-order chi connectivity index (χ1) is 8.09. The Bertz CT molecular complexity index is 231. The van der Waals surface area contributed by atoms with Crippen LogP contribution < -0.4 is 10.6 Å². The lowest BCUT2D eigenvalue weighted by atomic mass is 9.92. The quantitative estimate of drug-likeness (QED) is 0.652. The molecule has 0 aromatic heterocycles. The summed E-state index contributed by atoms with van der Waals surface area (Å²) >= 11 is 0. The molecule has 4 nitrogen and oxygen atoms in total. The summed E-state index contributed by atoms with van der Waals surface area (Å²) < 4.78 is 0. The molecule has 17 heavy (non-hydrogen) atoms. The van der Waals surface area contributed by atoms with Crippen LogP contribution in [0.2, 0.25) is 0 Å². The van der Waals surface area contributed by atoms with E-state index in [1.807, 2.05) is 0 Å². The van der Waals surface area contributed by atoms with Gasteiger partial charge in [-0.1, -0.05) is 26.7 Å². The summed E-state index contributed by atoms with van der Waals surface area (Å²) in [5, 5.41) is 15.9. The zero-order chi connectivity index (χ0) is 12.7. The Morgan fingerprint density at radius 1 is 1.35 bits per heavy atom. The SMILES string of the molecule is CC(C)CNC(=O)CCNC1CCCCC1O. The highest BCUT2D eigenvalue weighted by Gasteiger charge is 2.22. The van der Waals surface area contributed by atoms with E-state index in [1.54, 1.807) is 0 Å². The molecular weight excluding hydrogens is 216 g/mol. The van der Waals surface area contributed by atoms with E-state index in [9.17, 15) is 9.90 Å². The normalized spacial score (nSPS) is 24.9. The van der Waals surface area contributed by atoms with Gasteiger partial charge in [0, 0.05) is 25.6 Å². The van der Waals surface area contributed by atoms with Gasteiger partial charge in [-0.15, -0.1) is 0 Å². The molecule has 1 aliphatic carbocycles. The summed E-state index contributed by atoms with van der Waals surface area (Å²) in [5.74, 6) is 0.587. The molecule has 2 unspecified atom stereocenters. The van der Waals surface area contributed by atoms with Crippen molar-refractivity contribution in [1.29, 1.82) is 0 Å². The molecule has 0 spiro atoms. The van der Waals surface area contributed by atoms with Gasteiger partial charge in [-0.3, -0.25) is 4.79 Å². The maximum absolute atomic E-state index is 11.5. The van der Waals surface area contributed by atoms with Crippen molar-refractivity contribution >= 4 is 5.91 Å². The van der Waals surface area contributed by atoms with Crippen LogP contribution in [0.3, 0.4) is 0 Å². The molecule has 2 atom stereocenters. The number of hydrogen-bond acceptors (Lipinski definition) is 3. The number of aliphatic hydroxyl groups is 1. The molecule has 0 aromatic carbocycles. The highest BCUT2D eigenvalue weighted by molar-refractivity contribution is 5.76. The van der Waals surface area contributed by atoms with Gasteiger partial charge < -0.3 is 15.7 Å². The van der Waals surface area contributed by atoms with Crippen LogP contribution in [-0.2, 0) is 4.79 Å². The largest absolute Gasteiger partial charge is 0.392 e. The molecule has 100 valence electrons. The predicted octanol–water partition coefficient (Wildman–Crippen LogP) is 1.04. The van der Waals surface area contributed by atoms with Gasteiger partial charge in [0.15, 0.2) is 0 Å². The van der Waals surface area contributed by atoms with Crippen molar-refractivity contribution in [3.8, 4) is 0 Å². The van der Waals surface area contributed by atoms with Gasteiger partial charge in [0.2, 0.25) is 5.91 Å². The fourth-order valence-electron chi connectivity index (χ4n) is 2.13. The zero-order valence-corrected chi connectivity index (χ0v) is 11.0. The number of aliphatic hydroxyl groups excluding tert-OH is 1. The average Bonchev–Trinajstić information content (AvgIpc) is 2.29. The van der Waals surface area contributed by atoms with Gasteiger partial charge in [0.05, 0.1) is 6.10 Å². The molecule has 0 saturated heterocycles. The molecule has 0 aromatic rings. The van der Waals surface area contributed by atoms with Crippen molar-refractivity contribution in [2.75, 3.05) is 13.1 Å². The Hall–Kier alpha value is -0.610. The smallest absolute Gasteiger partial charge is 0.221 e. The number of nitrogens with one attached hydrogen (secondary N) is 2. The molecule has 0 bridgehead atoms. The first kappa shape index (κ1) is 14.5. The van der Waals surface area contributed by atoms with Crippen LogP contribution in [0.25, 0.3) is 0 Å². The number of carbonyl (C=O) groups excluding carboxylic acids is 1. The van der Waals surface area contributed by atoms with Gasteiger partial charge in [-0.25, -0.2) is 0 Å². The van der Waals surface area contributed by atoms with Crippen LogP contribution in [-0.4, -0.2) is 36.2 Å². The van der Waals surface area contributed by atoms with Crippen molar-refractivity contribution in [2.45, 2.75) is 58.1 Å². The van der Waals surface area contributed by atoms with Gasteiger partial charge in [-0.05, 0) is 18.8 Å². The summed E-state index contributed by atoms with van der Waals surface area (Å²) in [6.07, 6.45) is 4.47. The zero-order valence-electron chi connectivity index (χ0n) is 11.0. The molecule has 3 N–H and O–H groups in total. The Morgan fingerprint density at radius 3 is 2.71 bits per heavy atom. The Balaban J connectivity index is 2.08. The van der Waals surface area contributed by atoms with Crippen LogP contribution in [0.15, 0.2) is 0 Å². The fraction of sp³-hybridized carbons (Fsp3) is 0.923. The van der Waals surface area contributed by atoms with Crippen molar-refractivity contribution in [2.24, 2.45) is 5.92 Å². The Kier molecular flexibility index (Phi) is 6.52. The number of hydrogen-bond donors (Lipinski definition) is 3. The molecule has 4 heteroatoms. The lowest BCUT2D eigenvalue weighted by Gasteiger charge is -2.28. The van der Waals surface area contributed by atoms with Crippen molar-refractivity contribution in [3.63, 3.8) is 0 Å². The van der Waals surface area contributed by atoms with E-state index in [1.165, 1.54) is 6.42 Å². The second-order valence-electron chi connectivity index (χ2n) is 5.36. The third-order valence-electron chi connectivity index (χ3n) is 3.20. The van der Waals surface area contributed by atoms with Crippen LogP contribution in [0, 0.1) is 5.92 Å². The summed E-state index contributed by atoms with van der Waals surface area (Å²) in [4.78, 5) is 11.5. The third-order valence-corrected chi connectivity index (χ3v) is 3.20. The van der Waals surface area contributed by atoms with Crippen LogP contribution in [0.1, 0.15) is 46.0 Å². The van der Waals surface area contributed by atoms with Crippen molar-refractivity contribution < 1.29 is 9.90 Å². The van der Waals surface area contributed by atoms with E-state index in [0.717, 1.165) is 25.8 Å². The number of amides is 1. The van der Waals surface area contributed by atoms with Crippen molar-refractivity contribution in [1.82, 2.24) is 10.6 Å². The maximum Gasteiger partial charge on any atom is 0.221 e. The molecule has 1 fully saturated rings. The molecular formula is C13H26N2O2. The summed E-state index contributed by atoms with van der Waals surface area (Å²) in [6.45, 7) is 5.56. The van der Waals surface area contributed by atoms with Crippen molar-refractivity contribution in [3.05, 3.63) is 0 Å². The lowest BCUT2D eigenvalue weighted by Crippen LogP contribution is -2.43. The number of carbonyl (C=O) groups is 1. The molecule has 1 aliphatic rings. The molecule has 1 saturated carbocycles. The van der Waals surface area contributed by atoms with Gasteiger partial charge in [0.1, 0.15) is 0 Å². The Morgan fingerprint density at radius 2 is 2.06 bits per heavy atom. The summed E-state index contributed by atoms with van der Waals surface area (Å²) in [5.41, 5.74) is 0. The van der Waals surface area contributed by atoms with Crippen LogP contribution in [0.5, 0.6) is 0 Å². The topological polar surface area (TPSA) is 61.4 Å². The molecule has 0 heterocycles. The second kappa shape index (κ2) is 7.67. The third kappa shape index (κ3) is 6.03. The molecule has 0 radical (unpaired) electrons. The highest BCUT2D eigenvalue weighted by Crippen LogP contribution is 2.18. The van der Waals surface area contributed by atoms with E-state index in [-0.39, 0.29) is 18.1 Å². The lowest BCUT2D eigenvalue weighted by molar-refractivity contribution is -0.121. The summed E-state index contributed by atoms with van der Waals surface area (Å²) in [7, 11) is 0. The highest BCUT2D eigenvalue weighted by atomic mass is 16.3. The van der Waals surface area contributed by atoms with Crippen LogP contribution in [0.4, 0.5) is 0 Å². The van der Waals surface area contributed by atoms with E-state index in [2.05, 4.69) is 24.5 Å². The standard InChI is InChI=1S/C13H26N2O2/c1-10(2)9-15-13(17)7-8-14-11-5-3-4-6-12(11)16/h10-12,14,16H,3-9H2,1-2H3,(H,15,17). The van der Waals surface area contributed by atoms with E-state index >= 15 is 0 Å². The first-order valence-corrected chi connectivity index (χ1v) is 6.77. The first-order valence-electron chi connectivity index (χ1n) is 6.77. The minimum atomic E-state index is -0.234. The van der Waals surface area contributed by atoms with Crippen LogP contribution >= 0.6 is 0 Å². The minimum Gasteiger partial charge on any atom is -0.392 e. The summed E-state index contributed by atoms with van der Waals surface area (Å²) in [6, 6.07) is 0.182. The minimum absolute atomic E-state index is 0.0940. The monoisotopic (exact) mass is 242 g/mol. The average molecular weight is 242 g/mol. The predicted molar refractivity (Wildman–Crippen MR) is 68.7 cm³/mol. The van der Waals surface area contributed by atoms with E-state index in [4.69, 9.17) is 0 Å². The fourth-order valence-corrected chi connectivity index (χ4v) is 2.13. The Labute approximate surface area is 104 Å². The molecule has 0 aliphatic heterocycles. The van der Waals surface area contributed by atoms with Gasteiger partial charge >= 0.3 is 0 Å². The second-order valence-corrected chi connectivity index (χ2v) is 5.36. The van der Waals surface area contributed by atoms with E-state index < -0.39 is 0 Å². The molecule has 1 rings (SSSR count). The van der Waals surface area contributed by atoms with Gasteiger partial charge in [0.25, 0.3) is 0 Å².